The van der Waals surface area contributed by atoms with Crippen molar-refractivity contribution in [3.05, 3.63) is 22.3 Å². The van der Waals surface area contributed by atoms with Gasteiger partial charge in [-0.05, 0) is 0 Å². The van der Waals surface area contributed by atoms with Crippen LogP contribution in [-0.4, -0.2) is 114 Å². The van der Waals surface area contributed by atoms with E-state index in [0.717, 1.165) is 4.90 Å². The first-order valence-electron chi connectivity index (χ1n) is 13.1. The lowest BCUT2D eigenvalue weighted by atomic mass is 9.38. The number of likely N-dealkylation sites (tertiary alicyclic amines) is 1. The standard InChI is InChI=1S/C27H27NO13/c1-35-7-6-28-24(33)26-16-8-9(13(21(30)37-3)12(8)20(29)36-2)17(40-16)27(26,25(28)34)19-11-10(18(26)41-19)14(22(31)38-4)15(11)23(32)39-5/h8-11,16-19H,6-7H2,1-5H3/t8?,9?,10?,11?,16-,17+,18+,19-,26?,27?. The highest BCUT2D eigenvalue weighted by Gasteiger charge is 2.98. The van der Waals surface area contributed by atoms with E-state index in [-0.39, 0.29) is 35.4 Å². The highest BCUT2D eigenvalue weighted by atomic mass is 16.6. The van der Waals surface area contributed by atoms with Crippen LogP contribution in [0.4, 0.5) is 0 Å². The Morgan fingerprint density at radius 1 is 0.610 bits per heavy atom. The van der Waals surface area contributed by atoms with Crippen molar-refractivity contribution >= 4 is 35.7 Å². The smallest absolute Gasteiger partial charge is 0.334 e. The Kier molecular flexibility index (Phi) is 5.28. The molecule has 0 N–H and O–H groups in total. The predicted octanol–water partition coefficient (Wildman–Crippen LogP) is -1.69. The summed E-state index contributed by atoms with van der Waals surface area (Å²) in [4.78, 5) is 81.8. The van der Waals surface area contributed by atoms with Gasteiger partial charge < -0.3 is 33.2 Å². The Balaban J connectivity index is 1.45. The van der Waals surface area contributed by atoms with Gasteiger partial charge in [-0.2, -0.15) is 0 Å². The van der Waals surface area contributed by atoms with Gasteiger partial charge in [0.15, 0.2) is 0 Å². The van der Waals surface area contributed by atoms with E-state index in [4.69, 9.17) is 33.2 Å². The molecule has 41 heavy (non-hydrogen) atoms. The topological polar surface area (TPSA) is 170 Å². The Hall–Kier alpha value is -3.62. The van der Waals surface area contributed by atoms with Crippen LogP contribution in [-0.2, 0) is 61.9 Å². The van der Waals surface area contributed by atoms with Crippen molar-refractivity contribution in [2.24, 2.45) is 34.5 Å². The van der Waals surface area contributed by atoms with Gasteiger partial charge in [-0.3, -0.25) is 14.5 Å². The average molecular weight is 574 g/mol. The second-order valence-corrected chi connectivity index (χ2v) is 11.2. The second kappa shape index (κ2) is 8.23. The van der Waals surface area contributed by atoms with Crippen molar-refractivity contribution < 1.29 is 61.9 Å². The summed E-state index contributed by atoms with van der Waals surface area (Å²) in [6, 6.07) is 0. The van der Waals surface area contributed by atoms with E-state index in [1.165, 1.54) is 35.5 Å². The monoisotopic (exact) mass is 573 g/mol. The second-order valence-electron chi connectivity index (χ2n) is 11.2. The molecule has 0 saturated carbocycles. The molecule has 0 aromatic carbocycles. The van der Waals surface area contributed by atoms with Crippen molar-refractivity contribution in [2.45, 2.75) is 24.4 Å². The molecule has 218 valence electrons. The van der Waals surface area contributed by atoms with Gasteiger partial charge >= 0.3 is 23.9 Å². The van der Waals surface area contributed by atoms with Gasteiger partial charge in [0.2, 0.25) is 11.8 Å². The summed E-state index contributed by atoms with van der Waals surface area (Å²) < 4.78 is 38.0. The lowest BCUT2D eigenvalue weighted by Crippen LogP contribution is -2.71. The summed E-state index contributed by atoms with van der Waals surface area (Å²) in [7, 11) is 6.13. The first-order valence-corrected chi connectivity index (χ1v) is 13.1. The molecule has 0 radical (unpaired) electrons. The van der Waals surface area contributed by atoms with Crippen LogP contribution >= 0.6 is 0 Å². The van der Waals surface area contributed by atoms with Gasteiger partial charge in [0, 0.05) is 30.8 Å². The third kappa shape index (κ3) is 2.42. The zero-order valence-electron chi connectivity index (χ0n) is 22.8. The van der Waals surface area contributed by atoms with E-state index >= 15 is 0 Å². The quantitative estimate of drug-likeness (QED) is 0.192. The molecule has 7 rings (SSSR count). The molecule has 5 fully saturated rings. The number of amides is 2. The maximum Gasteiger partial charge on any atom is 0.334 e. The molecule has 4 bridgehead atoms. The van der Waals surface area contributed by atoms with Crippen molar-refractivity contribution in [3.8, 4) is 0 Å². The van der Waals surface area contributed by atoms with Crippen LogP contribution in [0, 0.1) is 34.5 Å². The highest BCUT2D eigenvalue weighted by molar-refractivity contribution is 6.16. The minimum Gasteiger partial charge on any atom is -0.466 e. The molecule has 14 nitrogen and oxygen atoms in total. The Bertz CT molecular complexity index is 1250. The van der Waals surface area contributed by atoms with Crippen LogP contribution < -0.4 is 0 Å². The minimum absolute atomic E-state index is 0.0299. The van der Waals surface area contributed by atoms with Crippen LogP contribution in [0.15, 0.2) is 22.3 Å². The molecule has 5 saturated heterocycles. The Morgan fingerprint density at radius 2 is 0.902 bits per heavy atom. The van der Waals surface area contributed by atoms with Crippen LogP contribution in [0.2, 0.25) is 0 Å². The number of rotatable bonds is 7. The van der Waals surface area contributed by atoms with Gasteiger partial charge in [0.25, 0.3) is 0 Å². The molecule has 7 aliphatic rings. The summed E-state index contributed by atoms with van der Waals surface area (Å²) in [6.45, 7) is 0.0113. The maximum absolute atomic E-state index is 14.5. The number of nitrogens with zero attached hydrogens (tertiary/aromatic N) is 1. The average Bonchev–Trinajstić information content (AvgIpc) is 3.67. The van der Waals surface area contributed by atoms with Gasteiger partial charge in [0.1, 0.15) is 10.8 Å². The number of ether oxygens (including phenoxy) is 7. The van der Waals surface area contributed by atoms with Crippen LogP contribution in [0.5, 0.6) is 0 Å². The number of hydrogen-bond acceptors (Lipinski definition) is 13. The molecule has 5 heterocycles. The summed E-state index contributed by atoms with van der Waals surface area (Å²) in [6.07, 6.45) is -4.22. The van der Waals surface area contributed by atoms with Gasteiger partial charge in [0.05, 0.1) is 88.3 Å². The molecule has 2 amide bonds. The minimum atomic E-state index is -1.64. The molecule has 14 heteroatoms. The molecule has 5 aliphatic heterocycles. The summed E-state index contributed by atoms with van der Waals surface area (Å²) in [5, 5.41) is 0. The number of carbonyl (C=O) groups is 6. The first kappa shape index (κ1) is 26.3. The van der Waals surface area contributed by atoms with E-state index < -0.39 is 94.6 Å². The SMILES string of the molecule is COCCN1C(=O)C23[C@@H]4O[C@@H](C5C(C(=O)OC)=C(C(=O)OC)C54)C2(C1=O)[C@@H]1O[C@H]3C2C(C(=O)OC)=C(C(=O)OC)C21. The zero-order valence-corrected chi connectivity index (χ0v) is 22.8. The number of fused-ring (bicyclic) bond motifs is 10. The van der Waals surface area contributed by atoms with Crippen molar-refractivity contribution in [2.75, 3.05) is 48.7 Å². The Labute approximate surface area is 232 Å². The normalized spacial score (nSPS) is 41.8. The number of methoxy groups -OCH3 is 5. The third-order valence-electron chi connectivity index (χ3n) is 10.4. The fourth-order valence-corrected chi connectivity index (χ4v) is 9.27. The molecule has 0 aromatic rings. The largest absolute Gasteiger partial charge is 0.466 e. The van der Waals surface area contributed by atoms with E-state index in [1.807, 2.05) is 0 Å². The molecular formula is C27H27NO13. The number of imide groups is 1. The lowest BCUT2D eigenvalue weighted by molar-refractivity contribution is -0.154. The fraction of sp³-hybridized carbons (Fsp3) is 0.630. The van der Waals surface area contributed by atoms with E-state index in [1.54, 1.807) is 0 Å². The molecule has 10 atom stereocenters. The third-order valence-corrected chi connectivity index (χ3v) is 10.4. The summed E-state index contributed by atoms with van der Waals surface area (Å²) in [5.41, 5.74) is -3.16. The van der Waals surface area contributed by atoms with Gasteiger partial charge in [-0.25, -0.2) is 19.2 Å². The van der Waals surface area contributed by atoms with Crippen LogP contribution in [0.3, 0.4) is 0 Å². The first-order chi connectivity index (χ1) is 19.7. The van der Waals surface area contributed by atoms with Crippen molar-refractivity contribution in [1.82, 2.24) is 4.90 Å². The maximum atomic E-state index is 14.5. The van der Waals surface area contributed by atoms with Gasteiger partial charge in [-0.15, -0.1) is 0 Å². The van der Waals surface area contributed by atoms with Crippen molar-refractivity contribution in [1.29, 1.82) is 0 Å². The highest BCUT2D eigenvalue weighted by Crippen LogP contribution is 2.83. The molecule has 0 aromatic heterocycles. The van der Waals surface area contributed by atoms with Crippen LogP contribution in [0.25, 0.3) is 0 Å². The molecule has 6 unspecified atom stereocenters. The number of carbonyl (C=O) groups excluding carboxylic acids is 6. The van der Waals surface area contributed by atoms with Crippen LogP contribution in [0.1, 0.15) is 0 Å². The number of hydrogen-bond donors (Lipinski definition) is 0. The van der Waals surface area contributed by atoms with E-state index in [0.29, 0.717) is 0 Å². The predicted molar refractivity (Wildman–Crippen MR) is 127 cm³/mol. The molecular weight excluding hydrogens is 546 g/mol. The molecule has 2 aliphatic carbocycles. The van der Waals surface area contributed by atoms with E-state index in [2.05, 4.69) is 0 Å². The Morgan fingerprint density at radius 3 is 1.15 bits per heavy atom. The molecule has 0 spiro atoms. The summed E-state index contributed by atoms with van der Waals surface area (Å²) >= 11 is 0. The number of esters is 4. The van der Waals surface area contributed by atoms with Gasteiger partial charge in [-0.1, -0.05) is 0 Å². The fourth-order valence-electron chi connectivity index (χ4n) is 9.27. The lowest BCUT2D eigenvalue weighted by Gasteiger charge is -2.56. The summed E-state index contributed by atoms with van der Waals surface area (Å²) in [5.74, 6) is -7.27. The van der Waals surface area contributed by atoms with Crippen molar-refractivity contribution in [3.63, 3.8) is 0 Å². The van der Waals surface area contributed by atoms with E-state index in [9.17, 15) is 28.8 Å². The zero-order chi connectivity index (χ0) is 29.3.